The smallest absolute Gasteiger partial charge is 0.326 e. The molecule has 2 rings (SSSR count). The molecule has 7 N–H and O–H groups in total. The van der Waals surface area contributed by atoms with E-state index in [1.54, 1.807) is 0 Å². The molecule has 0 aliphatic carbocycles. The van der Waals surface area contributed by atoms with Crippen molar-refractivity contribution in [1.82, 2.24) is 31.2 Å². The van der Waals surface area contributed by atoms with Crippen molar-refractivity contribution in [2.45, 2.75) is 63.2 Å². The van der Waals surface area contributed by atoms with Crippen LogP contribution in [0.15, 0.2) is 12.5 Å². The van der Waals surface area contributed by atoms with Crippen molar-refractivity contribution in [3.8, 4) is 0 Å². The molecule has 1 aromatic rings. The SMILES string of the molecule is CC(NC(=O)C(CCC(=O)O)NC(=O)C1CCCN1)C(=O)NC(Cc1cnc[nH]1)C(=O)O. The minimum absolute atomic E-state index is 0.0343. The van der Waals surface area contributed by atoms with Crippen molar-refractivity contribution in [3.05, 3.63) is 18.2 Å². The van der Waals surface area contributed by atoms with Gasteiger partial charge in [0.25, 0.3) is 0 Å². The van der Waals surface area contributed by atoms with Crippen molar-refractivity contribution in [2.24, 2.45) is 0 Å². The van der Waals surface area contributed by atoms with Crippen molar-refractivity contribution < 1.29 is 34.2 Å². The number of H-pyrrole nitrogens is 1. The maximum Gasteiger partial charge on any atom is 0.326 e. The second-order valence-corrected chi connectivity index (χ2v) is 7.55. The molecule has 1 aromatic heterocycles. The van der Waals surface area contributed by atoms with Gasteiger partial charge in [-0.15, -0.1) is 0 Å². The number of hydrogen-bond donors (Lipinski definition) is 7. The van der Waals surface area contributed by atoms with Gasteiger partial charge in [-0.2, -0.15) is 0 Å². The molecule has 1 fully saturated rings. The lowest BCUT2D eigenvalue weighted by atomic mass is 10.1. The summed E-state index contributed by atoms with van der Waals surface area (Å²) in [4.78, 5) is 66.4. The highest BCUT2D eigenvalue weighted by Gasteiger charge is 2.30. The minimum atomic E-state index is -1.26. The van der Waals surface area contributed by atoms with Gasteiger partial charge < -0.3 is 36.5 Å². The summed E-state index contributed by atoms with van der Waals surface area (Å²) in [7, 11) is 0. The van der Waals surface area contributed by atoms with Crippen molar-refractivity contribution in [3.63, 3.8) is 0 Å². The number of carbonyl (C=O) groups is 5. The van der Waals surface area contributed by atoms with E-state index in [0.29, 0.717) is 18.7 Å². The average Bonchev–Trinajstić information content (AvgIpc) is 3.44. The van der Waals surface area contributed by atoms with Gasteiger partial charge in [0.2, 0.25) is 17.7 Å². The topological polar surface area (TPSA) is 203 Å². The molecule has 1 aliphatic rings. The Balaban J connectivity index is 1.96. The van der Waals surface area contributed by atoms with Crippen LogP contribution in [-0.4, -0.2) is 80.6 Å². The van der Waals surface area contributed by atoms with E-state index in [1.807, 2.05) is 0 Å². The Morgan fingerprint density at radius 2 is 1.88 bits per heavy atom. The minimum Gasteiger partial charge on any atom is -0.481 e. The number of nitrogens with zero attached hydrogens (tertiary/aromatic N) is 1. The summed E-state index contributed by atoms with van der Waals surface area (Å²) in [5.74, 6) is -4.30. The van der Waals surface area contributed by atoms with Gasteiger partial charge in [-0.05, 0) is 32.7 Å². The predicted octanol–water partition coefficient (Wildman–Crippen LogP) is -1.87. The number of hydrogen-bond acceptors (Lipinski definition) is 7. The van der Waals surface area contributed by atoms with Crippen LogP contribution in [0.25, 0.3) is 0 Å². The molecule has 4 atom stereocenters. The van der Waals surface area contributed by atoms with E-state index in [9.17, 15) is 29.1 Å². The number of nitrogens with one attached hydrogen (secondary N) is 5. The number of carboxylic acids is 2. The molecule has 2 heterocycles. The number of carboxylic acid groups (broad SMARTS) is 2. The maximum atomic E-state index is 12.6. The number of amides is 3. The summed E-state index contributed by atoms with van der Waals surface area (Å²) in [6, 6.07) is -4.00. The molecule has 0 bridgehead atoms. The Labute approximate surface area is 183 Å². The van der Waals surface area contributed by atoms with E-state index >= 15 is 0 Å². The highest BCUT2D eigenvalue weighted by Crippen LogP contribution is 2.07. The van der Waals surface area contributed by atoms with Crippen molar-refractivity contribution in [2.75, 3.05) is 6.54 Å². The van der Waals surface area contributed by atoms with Crippen LogP contribution < -0.4 is 21.3 Å². The summed E-state index contributed by atoms with van der Waals surface area (Å²) in [5, 5.41) is 28.6. The van der Waals surface area contributed by atoms with Crippen LogP contribution in [0.4, 0.5) is 0 Å². The number of rotatable bonds is 12. The fourth-order valence-corrected chi connectivity index (χ4v) is 3.21. The lowest BCUT2D eigenvalue weighted by Gasteiger charge is -2.23. The molecule has 0 aromatic carbocycles. The first-order chi connectivity index (χ1) is 15.2. The molecule has 32 heavy (non-hydrogen) atoms. The summed E-state index contributed by atoms with van der Waals surface area (Å²) in [6.07, 6.45) is 3.67. The Kier molecular flexibility index (Phi) is 9.13. The summed E-state index contributed by atoms with van der Waals surface area (Å²) >= 11 is 0. The van der Waals surface area contributed by atoms with Gasteiger partial charge in [0.1, 0.15) is 18.1 Å². The Bertz CT molecular complexity index is 822. The number of aromatic nitrogens is 2. The van der Waals surface area contributed by atoms with Crippen molar-refractivity contribution >= 4 is 29.7 Å². The number of aromatic amines is 1. The van der Waals surface area contributed by atoms with Crippen molar-refractivity contribution in [1.29, 1.82) is 0 Å². The second-order valence-electron chi connectivity index (χ2n) is 7.55. The van der Waals surface area contributed by atoms with Crippen LogP contribution in [0.1, 0.15) is 38.3 Å². The summed E-state index contributed by atoms with van der Waals surface area (Å²) in [6.45, 7) is 2.03. The quantitative estimate of drug-likeness (QED) is 0.189. The van der Waals surface area contributed by atoms with Crippen LogP contribution in [0.2, 0.25) is 0 Å². The fraction of sp³-hybridized carbons (Fsp3) is 0.579. The highest BCUT2D eigenvalue weighted by atomic mass is 16.4. The van der Waals surface area contributed by atoms with E-state index in [-0.39, 0.29) is 19.3 Å². The Hall–Kier alpha value is -3.48. The molecule has 1 saturated heterocycles. The highest BCUT2D eigenvalue weighted by molar-refractivity contribution is 5.94. The van der Waals surface area contributed by atoms with E-state index in [2.05, 4.69) is 31.2 Å². The largest absolute Gasteiger partial charge is 0.481 e. The van der Waals surface area contributed by atoms with Gasteiger partial charge in [0.05, 0.1) is 12.4 Å². The first-order valence-electron chi connectivity index (χ1n) is 10.2. The third kappa shape index (κ3) is 7.65. The Morgan fingerprint density at radius 1 is 1.12 bits per heavy atom. The molecule has 3 amide bonds. The van der Waals surface area contributed by atoms with E-state index in [4.69, 9.17) is 5.11 Å². The first-order valence-corrected chi connectivity index (χ1v) is 10.2. The standard InChI is InChI=1S/C19H28N6O7/c1-10(16(28)25-14(19(31)32)7-11-8-20-9-22-11)23-18(30)13(4-5-15(26)27)24-17(29)12-3-2-6-21-12/h8-10,12-14,21H,2-7H2,1H3,(H,20,22)(H,23,30)(H,24,29)(H,25,28)(H,26,27)(H,31,32). The molecule has 4 unspecified atom stereocenters. The van der Waals surface area contributed by atoms with E-state index in [0.717, 1.165) is 6.42 Å². The van der Waals surface area contributed by atoms with E-state index in [1.165, 1.54) is 19.4 Å². The fourth-order valence-electron chi connectivity index (χ4n) is 3.21. The van der Waals surface area contributed by atoms with E-state index < -0.39 is 53.8 Å². The van der Waals surface area contributed by atoms with Crippen LogP contribution >= 0.6 is 0 Å². The lowest BCUT2D eigenvalue weighted by Crippen LogP contribution is -2.56. The maximum absolute atomic E-state index is 12.6. The zero-order chi connectivity index (χ0) is 23.7. The molecule has 1 aliphatic heterocycles. The lowest BCUT2D eigenvalue weighted by molar-refractivity contribution is -0.142. The molecule has 0 spiro atoms. The molecule has 176 valence electrons. The molecule has 13 heteroatoms. The summed E-state index contributed by atoms with van der Waals surface area (Å²) < 4.78 is 0. The van der Waals surface area contributed by atoms with Gasteiger partial charge in [-0.25, -0.2) is 9.78 Å². The number of aliphatic carboxylic acids is 2. The zero-order valence-corrected chi connectivity index (χ0v) is 17.6. The number of imidazole rings is 1. The van der Waals surface area contributed by atoms with Crippen LogP contribution in [-0.2, 0) is 30.4 Å². The molecule has 13 nitrogen and oxygen atoms in total. The summed E-state index contributed by atoms with van der Waals surface area (Å²) in [5.41, 5.74) is 0.506. The normalized spacial score (nSPS) is 18.2. The average molecular weight is 452 g/mol. The third-order valence-corrected chi connectivity index (χ3v) is 5.00. The van der Waals surface area contributed by atoms with Gasteiger partial charge in [-0.1, -0.05) is 0 Å². The van der Waals surface area contributed by atoms with Crippen LogP contribution in [0.3, 0.4) is 0 Å². The predicted molar refractivity (Wildman–Crippen MR) is 109 cm³/mol. The molecular weight excluding hydrogens is 424 g/mol. The number of carbonyl (C=O) groups excluding carboxylic acids is 3. The third-order valence-electron chi connectivity index (χ3n) is 5.00. The Morgan fingerprint density at radius 3 is 2.44 bits per heavy atom. The molecular formula is C19H28N6O7. The van der Waals surface area contributed by atoms with Crippen LogP contribution in [0, 0.1) is 0 Å². The molecule has 0 radical (unpaired) electrons. The van der Waals surface area contributed by atoms with Gasteiger partial charge in [-0.3, -0.25) is 19.2 Å². The zero-order valence-electron chi connectivity index (χ0n) is 17.6. The molecule has 0 saturated carbocycles. The van der Waals surface area contributed by atoms with Gasteiger partial charge in [0.15, 0.2) is 0 Å². The monoisotopic (exact) mass is 452 g/mol. The van der Waals surface area contributed by atoms with Gasteiger partial charge in [0, 0.05) is 24.7 Å². The second kappa shape index (κ2) is 11.8. The van der Waals surface area contributed by atoms with Crippen LogP contribution in [0.5, 0.6) is 0 Å². The van der Waals surface area contributed by atoms with Gasteiger partial charge >= 0.3 is 11.9 Å². The first kappa shape index (κ1) is 24.8.